The molecule has 0 spiro atoms. The molecule has 0 saturated heterocycles. The Kier molecular flexibility index (Phi) is 11.8. The normalized spacial score (nSPS) is 12.5. The third-order valence-corrected chi connectivity index (χ3v) is 8.54. The molecule has 0 aromatic heterocycles. The van der Waals surface area contributed by atoms with Gasteiger partial charge in [0, 0.05) is 12.3 Å². The molecule has 0 aliphatic heterocycles. The molecule has 2 N–H and O–H groups in total. The fraction of sp³-hybridized carbons (Fsp3) is 0.220. The minimum absolute atomic E-state index is 0.144. The summed E-state index contributed by atoms with van der Waals surface area (Å²) < 4.78 is 11.8. The van der Waals surface area contributed by atoms with E-state index in [1.165, 1.54) is 23.1 Å². The molecule has 51 heavy (non-hydrogen) atoms. The molecule has 10 heteroatoms. The van der Waals surface area contributed by atoms with E-state index in [1.54, 1.807) is 26.8 Å². The number of hydrogen-bond donors (Lipinski definition) is 3. The molecule has 0 heterocycles. The van der Waals surface area contributed by atoms with Gasteiger partial charge in [0.1, 0.15) is 11.6 Å². The van der Waals surface area contributed by atoms with Gasteiger partial charge in [-0.1, -0.05) is 115 Å². The van der Waals surface area contributed by atoms with E-state index < -0.39 is 47.7 Å². The highest BCUT2D eigenvalue weighted by Gasteiger charge is 2.40. The monoisotopic (exact) mass is 704 g/mol. The van der Waals surface area contributed by atoms with Crippen LogP contribution in [0.3, 0.4) is 0 Å². The molecule has 0 fully saturated rings. The predicted molar refractivity (Wildman–Crippen MR) is 199 cm³/mol. The number of carboxylic acid groups (broad SMARTS) is 1. The molecule has 262 valence electrons. The SMILES string of the molecule is CC(C)(C)OC(=O)NCC(c1cccc2ccccc12)N(C(=O)c1ccccc1C(=O)O)[C@@H](CS)C(=O)OC(c1ccccc1)c1ccccc1. The van der Waals surface area contributed by atoms with Crippen molar-refractivity contribution >= 4 is 47.3 Å². The van der Waals surface area contributed by atoms with Crippen LogP contribution >= 0.6 is 12.6 Å². The summed E-state index contributed by atoms with van der Waals surface area (Å²) in [5, 5.41) is 14.5. The van der Waals surface area contributed by atoms with Gasteiger partial charge in [-0.3, -0.25) is 4.79 Å². The Labute approximate surface area is 302 Å². The lowest BCUT2D eigenvalue weighted by molar-refractivity contribution is -0.153. The number of fused-ring (bicyclic) bond motifs is 1. The number of aromatic carboxylic acids is 1. The number of alkyl carbamates (subject to hydrolysis) is 1. The van der Waals surface area contributed by atoms with Gasteiger partial charge < -0.3 is 24.8 Å². The van der Waals surface area contributed by atoms with Crippen molar-refractivity contribution in [3.63, 3.8) is 0 Å². The number of hydrogen-bond acceptors (Lipinski definition) is 7. The third-order valence-electron chi connectivity index (χ3n) is 8.20. The van der Waals surface area contributed by atoms with Gasteiger partial charge in [-0.2, -0.15) is 12.6 Å². The van der Waals surface area contributed by atoms with Gasteiger partial charge in [-0.15, -0.1) is 0 Å². The van der Waals surface area contributed by atoms with Crippen molar-refractivity contribution in [2.45, 2.75) is 44.6 Å². The molecular weight excluding hydrogens is 665 g/mol. The summed E-state index contributed by atoms with van der Waals surface area (Å²) in [5.74, 6) is -3.04. The van der Waals surface area contributed by atoms with E-state index in [-0.39, 0.29) is 23.4 Å². The molecule has 2 amide bonds. The molecule has 0 bridgehead atoms. The van der Waals surface area contributed by atoms with Gasteiger partial charge in [-0.25, -0.2) is 14.4 Å². The number of carbonyl (C=O) groups excluding carboxylic acids is 3. The second-order valence-electron chi connectivity index (χ2n) is 12.9. The van der Waals surface area contributed by atoms with Gasteiger partial charge in [0.15, 0.2) is 6.10 Å². The van der Waals surface area contributed by atoms with Crippen molar-refractivity contribution in [3.8, 4) is 0 Å². The van der Waals surface area contributed by atoms with Crippen molar-refractivity contribution in [2.75, 3.05) is 12.3 Å². The van der Waals surface area contributed by atoms with Crippen molar-refractivity contribution in [1.29, 1.82) is 0 Å². The van der Waals surface area contributed by atoms with Crippen LogP contribution in [0.1, 0.15) is 70.3 Å². The molecule has 0 radical (unpaired) electrons. The fourth-order valence-corrected chi connectivity index (χ4v) is 6.27. The second-order valence-corrected chi connectivity index (χ2v) is 13.2. The van der Waals surface area contributed by atoms with Crippen LogP contribution < -0.4 is 5.32 Å². The van der Waals surface area contributed by atoms with Crippen LogP contribution in [0.15, 0.2) is 127 Å². The lowest BCUT2D eigenvalue weighted by Crippen LogP contribution is -2.52. The van der Waals surface area contributed by atoms with Crippen molar-refractivity contribution < 1.29 is 33.8 Å². The van der Waals surface area contributed by atoms with Crippen LogP contribution in [-0.4, -0.2) is 57.9 Å². The minimum atomic E-state index is -1.35. The van der Waals surface area contributed by atoms with Gasteiger partial charge in [0.05, 0.1) is 17.2 Å². The zero-order valence-electron chi connectivity index (χ0n) is 28.6. The van der Waals surface area contributed by atoms with E-state index in [1.807, 2.05) is 103 Å². The first kappa shape index (κ1) is 36.7. The second kappa shape index (κ2) is 16.4. The first-order valence-electron chi connectivity index (χ1n) is 16.5. The average molecular weight is 705 g/mol. The minimum Gasteiger partial charge on any atom is -0.478 e. The lowest BCUT2D eigenvalue weighted by atomic mass is 9.95. The Bertz CT molecular complexity index is 1950. The van der Waals surface area contributed by atoms with Gasteiger partial charge >= 0.3 is 18.0 Å². The first-order valence-corrected chi connectivity index (χ1v) is 17.1. The van der Waals surface area contributed by atoms with Crippen LogP contribution in [0.5, 0.6) is 0 Å². The maximum absolute atomic E-state index is 14.9. The number of carbonyl (C=O) groups is 4. The summed E-state index contributed by atoms with van der Waals surface area (Å²) in [5.41, 5.74) is 0.822. The maximum Gasteiger partial charge on any atom is 0.407 e. The van der Waals surface area contributed by atoms with Crippen LogP contribution in [0.4, 0.5) is 4.79 Å². The van der Waals surface area contributed by atoms with Gasteiger partial charge in [0.2, 0.25) is 0 Å². The highest BCUT2D eigenvalue weighted by Crippen LogP contribution is 2.34. The van der Waals surface area contributed by atoms with E-state index in [4.69, 9.17) is 9.47 Å². The molecule has 2 atom stereocenters. The molecule has 0 aliphatic carbocycles. The Morgan fingerprint density at radius 3 is 1.88 bits per heavy atom. The van der Waals surface area contributed by atoms with Crippen molar-refractivity contribution in [2.24, 2.45) is 0 Å². The summed E-state index contributed by atoms with van der Waals surface area (Å²) >= 11 is 4.59. The molecule has 1 unspecified atom stereocenters. The summed E-state index contributed by atoms with van der Waals surface area (Å²) in [7, 11) is 0. The van der Waals surface area contributed by atoms with E-state index >= 15 is 0 Å². The zero-order valence-corrected chi connectivity index (χ0v) is 29.5. The van der Waals surface area contributed by atoms with E-state index in [0.29, 0.717) is 16.7 Å². The number of rotatable bonds is 12. The van der Waals surface area contributed by atoms with Crippen molar-refractivity contribution in [3.05, 3.63) is 155 Å². The highest BCUT2D eigenvalue weighted by molar-refractivity contribution is 7.80. The summed E-state index contributed by atoms with van der Waals surface area (Å²) in [6, 6.07) is 35.0. The quantitative estimate of drug-likeness (QED) is 0.0893. The molecule has 5 aromatic rings. The number of benzene rings is 5. The smallest absolute Gasteiger partial charge is 0.407 e. The van der Waals surface area contributed by atoms with E-state index in [2.05, 4.69) is 17.9 Å². The summed E-state index contributed by atoms with van der Waals surface area (Å²) in [4.78, 5) is 56.2. The Morgan fingerprint density at radius 2 is 1.29 bits per heavy atom. The zero-order chi connectivity index (χ0) is 36.5. The Balaban J connectivity index is 1.67. The van der Waals surface area contributed by atoms with Gasteiger partial charge in [0.25, 0.3) is 5.91 Å². The van der Waals surface area contributed by atoms with Crippen LogP contribution in [0.25, 0.3) is 10.8 Å². The Morgan fingerprint density at radius 1 is 0.745 bits per heavy atom. The lowest BCUT2D eigenvalue weighted by Gasteiger charge is -2.38. The first-order chi connectivity index (χ1) is 24.5. The number of esters is 1. The number of thiol groups is 1. The fourth-order valence-electron chi connectivity index (χ4n) is 5.94. The third kappa shape index (κ3) is 8.95. The predicted octanol–water partition coefficient (Wildman–Crippen LogP) is 7.88. The summed E-state index contributed by atoms with van der Waals surface area (Å²) in [6.45, 7) is 5.00. The van der Waals surface area contributed by atoms with E-state index in [9.17, 15) is 24.3 Å². The molecule has 0 saturated carbocycles. The average Bonchev–Trinajstić information content (AvgIpc) is 3.13. The van der Waals surface area contributed by atoms with Gasteiger partial charge in [-0.05, 0) is 60.4 Å². The maximum atomic E-state index is 14.9. The molecular formula is C41H40N2O7S. The standard InChI is InChI=1S/C41H40N2O7S/c1-41(2,3)50-40(48)42-25-34(31-24-14-20-27-15-10-11-21-30(27)31)43(37(44)32-22-12-13-23-33(32)38(45)46)35(26-51)39(47)49-36(28-16-6-4-7-17-28)29-18-8-5-9-19-29/h4-24,34-36,51H,25-26H2,1-3H3,(H,42,48)(H,45,46)/t34?,35-/m0/s1. The van der Waals surface area contributed by atoms with Crippen LogP contribution in [0, 0.1) is 0 Å². The van der Waals surface area contributed by atoms with Crippen LogP contribution in [0.2, 0.25) is 0 Å². The molecule has 5 aromatic carbocycles. The van der Waals surface area contributed by atoms with Crippen molar-refractivity contribution in [1.82, 2.24) is 10.2 Å². The number of carboxylic acids is 1. The number of nitrogens with one attached hydrogen (secondary N) is 1. The number of amides is 2. The number of ether oxygens (including phenoxy) is 2. The topological polar surface area (TPSA) is 122 Å². The summed E-state index contributed by atoms with van der Waals surface area (Å²) in [6.07, 6.45) is -1.56. The molecule has 9 nitrogen and oxygen atoms in total. The Hall–Kier alpha value is -5.61. The number of nitrogens with zero attached hydrogens (tertiary/aromatic N) is 1. The van der Waals surface area contributed by atoms with Crippen LogP contribution in [-0.2, 0) is 14.3 Å². The molecule has 0 aliphatic rings. The molecule has 5 rings (SSSR count). The largest absolute Gasteiger partial charge is 0.478 e. The highest BCUT2D eigenvalue weighted by atomic mass is 32.1. The van der Waals surface area contributed by atoms with E-state index in [0.717, 1.165) is 10.8 Å².